The number of hydrogen-bond donors (Lipinski definition) is 3. The molecule has 0 bridgehead atoms. The normalized spacial score (nSPS) is 10.3. The van der Waals surface area contributed by atoms with Crippen molar-refractivity contribution in [3.63, 3.8) is 0 Å². The Bertz CT molecular complexity index is 483. The molecule has 0 radical (unpaired) electrons. The highest BCUT2D eigenvalue weighted by atomic mass is 32.1. The van der Waals surface area contributed by atoms with Crippen molar-refractivity contribution in [2.45, 2.75) is 13.3 Å². The molecule has 18 heavy (non-hydrogen) atoms. The van der Waals surface area contributed by atoms with E-state index in [4.69, 9.17) is 5.73 Å². The molecule has 0 saturated carbocycles. The number of hydrogen-bond acceptors (Lipinski definition) is 6. The van der Waals surface area contributed by atoms with E-state index in [1.54, 1.807) is 11.3 Å². The van der Waals surface area contributed by atoms with Crippen LogP contribution in [0.5, 0.6) is 0 Å². The van der Waals surface area contributed by atoms with Crippen molar-refractivity contribution in [2.75, 3.05) is 23.7 Å². The molecule has 0 unspecified atom stereocenters. The molecule has 0 aliphatic carbocycles. The Kier molecular flexibility index (Phi) is 4.49. The smallest absolute Gasteiger partial charge is 0.136 e. The number of aromatic nitrogens is 2. The number of rotatable bonds is 6. The molecule has 2 heterocycles. The fourth-order valence-electron chi connectivity index (χ4n) is 1.52. The fourth-order valence-corrected chi connectivity index (χ4v) is 2.14. The quantitative estimate of drug-likeness (QED) is 0.697. The monoisotopic (exact) mass is 263 g/mol. The zero-order chi connectivity index (χ0) is 12.8. The van der Waals surface area contributed by atoms with Gasteiger partial charge in [0.05, 0.1) is 5.00 Å². The van der Waals surface area contributed by atoms with Gasteiger partial charge in [-0.3, -0.25) is 0 Å². The van der Waals surface area contributed by atoms with Crippen molar-refractivity contribution in [1.82, 2.24) is 9.97 Å². The van der Waals surface area contributed by atoms with Gasteiger partial charge in [0.1, 0.15) is 17.5 Å². The average molecular weight is 263 g/mol. The van der Waals surface area contributed by atoms with Gasteiger partial charge in [-0.2, -0.15) is 0 Å². The first-order valence-electron chi connectivity index (χ1n) is 5.88. The maximum Gasteiger partial charge on any atom is 0.136 e. The number of nitrogens with two attached hydrogens (primary N) is 1. The van der Waals surface area contributed by atoms with E-state index in [0.29, 0.717) is 6.54 Å². The third-order valence-electron chi connectivity index (χ3n) is 2.30. The second-order valence-corrected chi connectivity index (χ2v) is 4.80. The van der Waals surface area contributed by atoms with Crippen molar-refractivity contribution in [2.24, 2.45) is 5.73 Å². The summed E-state index contributed by atoms with van der Waals surface area (Å²) in [6.45, 7) is 3.39. The zero-order valence-corrected chi connectivity index (χ0v) is 11.1. The number of nitrogens with one attached hydrogen (secondary N) is 2. The summed E-state index contributed by atoms with van der Waals surface area (Å²) in [6.07, 6.45) is 0.927. The van der Waals surface area contributed by atoms with Crippen LogP contribution < -0.4 is 16.4 Å². The molecule has 0 fully saturated rings. The van der Waals surface area contributed by atoms with E-state index in [1.165, 1.54) is 0 Å². The molecular weight excluding hydrogens is 246 g/mol. The van der Waals surface area contributed by atoms with Gasteiger partial charge in [-0.15, -0.1) is 11.3 Å². The summed E-state index contributed by atoms with van der Waals surface area (Å²) < 4.78 is 0. The van der Waals surface area contributed by atoms with Crippen LogP contribution in [0.25, 0.3) is 0 Å². The van der Waals surface area contributed by atoms with Crippen molar-refractivity contribution < 1.29 is 0 Å². The lowest BCUT2D eigenvalue weighted by Crippen LogP contribution is -2.10. The number of nitrogens with zero attached hydrogens (tertiary/aromatic N) is 2. The molecule has 2 rings (SSSR count). The molecule has 0 saturated heterocycles. The van der Waals surface area contributed by atoms with Gasteiger partial charge in [0.2, 0.25) is 0 Å². The minimum atomic E-state index is 0.678. The Morgan fingerprint density at radius 3 is 2.89 bits per heavy atom. The Morgan fingerprint density at radius 1 is 1.33 bits per heavy atom. The lowest BCUT2D eigenvalue weighted by atomic mass is 10.4. The molecule has 0 aromatic carbocycles. The first-order chi connectivity index (χ1) is 8.78. The van der Waals surface area contributed by atoms with Gasteiger partial charge in [-0.05, 0) is 37.4 Å². The van der Waals surface area contributed by atoms with Gasteiger partial charge in [0.25, 0.3) is 0 Å². The number of thiophene rings is 1. The van der Waals surface area contributed by atoms with Crippen LogP contribution in [-0.2, 0) is 0 Å². The van der Waals surface area contributed by atoms with E-state index in [-0.39, 0.29) is 0 Å². The van der Waals surface area contributed by atoms with Crippen LogP contribution in [0.3, 0.4) is 0 Å². The van der Waals surface area contributed by atoms with Gasteiger partial charge >= 0.3 is 0 Å². The average Bonchev–Trinajstić information content (AvgIpc) is 2.81. The van der Waals surface area contributed by atoms with Crippen LogP contribution in [0, 0.1) is 6.92 Å². The maximum atomic E-state index is 5.46. The van der Waals surface area contributed by atoms with E-state index < -0.39 is 0 Å². The van der Waals surface area contributed by atoms with Crippen molar-refractivity contribution in [3.05, 3.63) is 29.4 Å². The Labute approximate surface area is 110 Å². The Balaban J connectivity index is 2.06. The zero-order valence-electron chi connectivity index (χ0n) is 10.3. The third kappa shape index (κ3) is 3.68. The molecule has 0 atom stereocenters. The Morgan fingerprint density at radius 2 is 2.17 bits per heavy atom. The molecule has 4 N–H and O–H groups in total. The first-order valence-corrected chi connectivity index (χ1v) is 6.76. The predicted molar refractivity (Wildman–Crippen MR) is 76.5 cm³/mol. The van der Waals surface area contributed by atoms with Crippen LogP contribution in [0.2, 0.25) is 0 Å². The number of anilines is 3. The molecule has 0 amide bonds. The number of aryl methyl sites for hydroxylation is 1. The highest BCUT2D eigenvalue weighted by molar-refractivity contribution is 7.14. The van der Waals surface area contributed by atoms with Crippen LogP contribution in [0.4, 0.5) is 16.6 Å². The van der Waals surface area contributed by atoms with Crippen LogP contribution in [0.1, 0.15) is 12.2 Å². The molecule has 0 spiro atoms. The van der Waals surface area contributed by atoms with E-state index >= 15 is 0 Å². The summed E-state index contributed by atoms with van der Waals surface area (Å²) in [6, 6.07) is 5.92. The second kappa shape index (κ2) is 6.32. The third-order valence-corrected chi connectivity index (χ3v) is 3.08. The second-order valence-electron chi connectivity index (χ2n) is 3.86. The van der Waals surface area contributed by atoms with Gasteiger partial charge in [-0.1, -0.05) is 0 Å². The van der Waals surface area contributed by atoms with E-state index in [2.05, 4.69) is 20.6 Å². The maximum absolute atomic E-state index is 5.46. The van der Waals surface area contributed by atoms with Gasteiger partial charge in [0, 0.05) is 12.6 Å². The SMILES string of the molecule is Cc1nc(NCCCN)cc(Nc2cccs2)n1. The summed E-state index contributed by atoms with van der Waals surface area (Å²) in [5.41, 5.74) is 5.46. The minimum absolute atomic E-state index is 0.678. The van der Waals surface area contributed by atoms with E-state index in [0.717, 1.165) is 35.4 Å². The summed E-state index contributed by atoms with van der Waals surface area (Å²) in [4.78, 5) is 8.69. The highest BCUT2D eigenvalue weighted by Gasteiger charge is 2.02. The van der Waals surface area contributed by atoms with Crippen LogP contribution >= 0.6 is 11.3 Å². The van der Waals surface area contributed by atoms with E-state index in [1.807, 2.05) is 30.5 Å². The Hall–Kier alpha value is -1.66. The topological polar surface area (TPSA) is 75.9 Å². The summed E-state index contributed by atoms with van der Waals surface area (Å²) >= 11 is 1.64. The van der Waals surface area contributed by atoms with Gasteiger partial charge < -0.3 is 16.4 Å². The fraction of sp³-hybridized carbons (Fsp3) is 0.333. The van der Waals surface area contributed by atoms with Crippen LogP contribution in [0.15, 0.2) is 23.6 Å². The molecule has 6 heteroatoms. The summed E-state index contributed by atoms with van der Waals surface area (Å²) in [7, 11) is 0. The standard InChI is InChI=1S/C12H17N5S/c1-9-15-10(14-6-3-5-13)8-11(16-9)17-12-4-2-7-18-12/h2,4,7-8H,3,5-6,13H2,1H3,(H2,14,15,16,17). The van der Waals surface area contributed by atoms with E-state index in [9.17, 15) is 0 Å². The minimum Gasteiger partial charge on any atom is -0.370 e. The van der Waals surface area contributed by atoms with Gasteiger partial charge in [0.15, 0.2) is 0 Å². The molecule has 2 aromatic heterocycles. The lowest BCUT2D eigenvalue weighted by Gasteiger charge is -2.08. The molecule has 96 valence electrons. The molecule has 5 nitrogen and oxygen atoms in total. The molecule has 2 aromatic rings. The molecule has 0 aliphatic heterocycles. The summed E-state index contributed by atoms with van der Waals surface area (Å²) in [5, 5.41) is 9.59. The molecular formula is C12H17N5S. The summed E-state index contributed by atoms with van der Waals surface area (Å²) in [5.74, 6) is 2.38. The van der Waals surface area contributed by atoms with Gasteiger partial charge in [-0.25, -0.2) is 9.97 Å². The predicted octanol–water partition coefficient (Wildman–Crippen LogP) is 2.35. The van der Waals surface area contributed by atoms with Crippen molar-refractivity contribution >= 4 is 28.0 Å². The first kappa shape index (κ1) is 12.8. The van der Waals surface area contributed by atoms with Crippen molar-refractivity contribution in [3.8, 4) is 0 Å². The van der Waals surface area contributed by atoms with Crippen LogP contribution in [-0.4, -0.2) is 23.1 Å². The lowest BCUT2D eigenvalue weighted by molar-refractivity contribution is 0.867. The molecule has 0 aliphatic rings. The van der Waals surface area contributed by atoms with Crippen molar-refractivity contribution in [1.29, 1.82) is 0 Å². The highest BCUT2D eigenvalue weighted by Crippen LogP contribution is 2.21. The largest absolute Gasteiger partial charge is 0.370 e.